The monoisotopic (exact) mass is 396 g/mol. The van der Waals surface area contributed by atoms with E-state index in [2.05, 4.69) is 4.98 Å². The van der Waals surface area contributed by atoms with E-state index in [0.29, 0.717) is 4.57 Å². The molecule has 0 bridgehead atoms. The molecular formula is C15H20N6O7. The average molecular weight is 396 g/mol. The van der Waals surface area contributed by atoms with Crippen molar-refractivity contribution in [3.63, 3.8) is 0 Å². The number of primary amides is 1. The van der Waals surface area contributed by atoms with Gasteiger partial charge in [-0.2, -0.15) is 10.2 Å². The van der Waals surface area contributed by atoms with Gasteiger partial charge in [0.2, 0.25) is 5.91 Å². The predicted molar refractivity (Wildman–Crippen MR) is 90.7 cm³/mol. The zero-order chi connectivity index (χ0) is 21.1. The molecule has 13 heteroatoms. The number of ether oxygens (including phenoxy) is 2. The number of aliphatic hydroxyl groups is 2. The van der Waals surface area contributed by atoms with Crippen LogP contribution in [0.4, 0.5) is 5.82 Å². The molecule has 0 saturated carbocycles. The maximum absolute atomic E-state index is 12.0. The number of nitrogens with zero attached hydrogens (tertiary/aromatic N) is 3. The van der Waals surface area contributed by atoms with Crippen molar-refractivity contribution in [2.75, 3.05) is 12.3 Å². The molecule has 5 atom stereocenters. The SMILES string of the molecule is N#C[C@@]1(n2ccc(N)nc2=O)O[C@H](COC(=O)[C@@H](N)CCC(N)=O)C(O)C1O. The zero-order valence-corrected chi connectivity index (χ0v) is 14.6. The van der Waals surface area contributed by atoms with Gasteiger partial charge in [-0.05, 0) is 12.5 Å². The summed E-state index contributed by atoms with van der Waals surface area (Å²) in [5, 5.41) is 30.0. The Kier molecular flexibility index (Phi) is 6.31. The molecule has 2 unspecified atom stereocenters. The van der Waals surface area contributed by atoms with Crippen molar-refractivity contribution in [1.29, 1.82) is 5.26 Å². The van der Waals surface area contributed by atoms with Crippen LogP contribution in [0.2, 0.25) is 0 Å². The van der Waals surface area contributed by atoms with Gasteiger partial charge in [-0.1, -0.05) is 0 Å². The fourth-order valence-electron chi connectivity index (χ4n) is 2.64. The number of amides is 1. The second kappa shape index (κ2) is 8.31. The molecular weight excluding hydrogens is 376 g/mol. The number of nitriles is 1. The molecule has 0 radical (unpaired) electrons. The first-order valence-electron chi connectivity index (χ1n) is 8.13. The summed E-state index contributed by atoms with van der Waals surface area (Å²) in [7, 11) is 0. The maximum Gasteiger partial charge on any atom is 0.352 e. The van der Waals surface area contributed by atoms with Crippen LogP contribution in [-0.4, -0.2) is 62.6 Å². The second-order valence-electron chi connectivity index (χ2n) is 6.15. The van der Waals surface area contributed by atoms with Crippen molar-refractivity contribution in [2.24, 2.45) is 11.5 Å². The van der Waals surface area contributed by atoms with Crippen molar-refractivity contribution in [1.82, 2.24) is 9.55 Å². The third-order valence-electron chi connectivity index (χ3n) is 4.17. The third-order valence-corrected chi connectivity index (χ3v) is 4.17. The van der Waals surface area contributed by atoms with Gasteiger partial charge < -0.3 is 36.9 Å². The van der Waals surface area contributed by atoms with Crippen molar-refractivity contribution in [3.8, 4) is 6.07 Å². The first-order valence-corrected chi connectivity index (χ1v) is 8.13. The van der Waals surface area contributed by atoms with Gasteiger partial charge in [0.05, 0.1) is 0 Å². The standard InChI is InChI=1S/C15H20N6O7/c16-6-15(21-4-3-9(18)20-14(21)26)12(24)11(23)8(28-15)5-27-13(25)7(17)1-2-10(19)22/h3-4,7-8,11-12,23-24H,1-2,5,17H2,(H2,19,22)(H2,18,20,26)/t7-,8+,11?,12?,15+/m0/s1. The van der Waals surface area contributed by atoms with Crippen LogP contribution in [0.25, 0.3) is 0 Å². The van der Waals surface area contributed by atoms with Gasteiger partial charge in [-0.15, -0.1) is 0 Å². The Bertz CT molecular complexity index is 852. The van der Waals surface area contributed by atoms with Gasteiger partial charge in [-0.3, -0.25) is 14.2 Å². The summed E-state index contributed by atoms with van der Waals surface area (Å²) in [6.45, 7) is -0.568. The molecule has 0 aliphatic carbocycles. The van der Waals surface area contributed by atoms with Gasteiger partial charge in [0.1, 0.15) is 42.8 Å². The summed E-state index contributed by atoms with van der Waals surface area (Å²) in [5.41, 5.74) is 12.6. The highest BCUT2D eigenvalue weighted by molar-refractivity contribution is 5.78. The number of carbonyl (C=O) groups is 2. The lowest BCUT2D eigenvalue weighted by molar-refractivity contribution is -0.155. The van der Waals surface area contributed by atoms with E-state index in [-0.39, 0.29) is 18.7 Å². The van der Waals surface area contributed by atoms with E-state index >= 15 is 0 Å². The van der Waals surface area contributed by atoms with Crippen LogP contribution in [-0.2, 0) is 24.8 Å². The van der Waals surface area contributed by atoms with Crippen LogP contribution < -0.4 is 22.9 Å². The van der Waals surface area contributed by atoms with E-state index in [1.54, 1.807) is 6.07 Å². The molecule has 0 spiro atoms. The number of hydrogen-bond acceptors (Lipinski definition) is 11. The Morgan fingerprint density at radius 2 is 2.18 bits per heavy atom. The quantitative estimate of drug-likeness (QED) is 0.281. The molecule has 1 aromatic heterocycles. The molecule has 1 amide bonds. The van der Waals surface area contributed by atoms with E-state index < -0.39 is 54.3 Å². The smallest absolute Gasteiger partial charge is 0.352 e. The van der Waals surface area contributed by atoms with Crippen LogP contribution in [0.5, 0.6) is 0 Å². The molecule has 1 saturated heterocycles. The van der Waals surface area contributed by atoms with E-state index in [0.717, 1.165) is 6.20 Å². The number of anilines is 1. The number of carbonyl (C=O) groups excluding carboxylic acids is 2. The number of esters is 1. The van der Waals surface area contributed by atoms with Crippen molar-refractivity contribution in [2.45, 2.75) is 42.9 Å². The maximum atomic E-state index is 12.0. The molecule has 1 fully saturated rings. The molecule has 1 aliphatic rings. The summed E-state index contributed by atoms with van der Waals surface area (Å²) in [5.74, 6) is -1.65. The number of rotatable bonds is 7. The topological polar surface area (TPSA) is 230 Å². The Balaban J connectivity index is 2.13. The molecule has 28 heavy (non-hydrogen) atoms. The highest BCUT2D eigenvalue weighted by Crippen LogP contribution is 2.34. The lowest BCUT2D eigenvalue weighted by Crippen LogP contribution is -2.49. The van der Waals surface area contributed by atoms with Crippen molar-refractivity contribution < 1.29 is 29.3 Å². The fraction of sp³-hybridized carbons (Fsp3) is 0.533. The van der Waals surface area contributed by atoms with E-state index in [9.17, 15) is 29.9 Å². The summed E-state index contributed by atoms with van der Waals surface area (Å²) in [6, 6.07) is 1.70. The van der Waals surface area contributed by atoms with E-state index in [4.69, 9.17) is 26.7 Å². The highest BCUT2D eigenvalue weighted by Gasteiger charge is 2.57. The molecule has 1 aromatic rings. The van der Waals surface area contributed by atoms with Gasteiger partial charge in [0.25, 0.3) is 5.72 Å². The van der Waals surface area contributed by atoms with E-state index in [1.165, 1.54) is 6.07 Å². The van der Waals surface area contributed by atoms with Crippen LogP contribution in [0, 0.1) is 11.3 Å². The molecule has 2 rings (SSSR count). The van der Waals surface area contributed by atoms with Gasteiger partial charge in [-0.25, -0.2) is 4.79 Å². The van der Waals surface area contributed by atoms with Gasteiger partial charge in [0, 0.05) is 12.6 Å². The molecule has 8 N–H and O–H groups in total. The minimum atomic E-state index is -2.30. The number of aliphatic hydroxyl groups excluding tert-OH is 2. The molecule has 2 heterocycles. The first-order chi connectivity index (χ1) is 13.1. The number of nitrogens with two attached hydrogens (primary N) is 3. The minimum Gasteiger partial charge on any atom is -0.462 e. The molecule has 0 aromatic carbocycles. The number of nitrogen functional groups attached to an aromatic ring is 1. The number of aromatic nitrogens is 2. The highest BCUT2D eigenvalue weighted by atomic mass is 16.6. The van der Waals surface area contributed by atoms with Crippen LogP contribution in [0.1, 0.15) is 12.8 Å². The number of hydrogen-bond donors (Lipinski definition) is 5. The first kappa shape index (κ1) is 21.3. The predicted octanol–water partition coefficient (Wildman–Crippen LogP) is -3.74. The van der Waals surface area contributed by atoms with Crippen molar-refractivity contribution in [3.05, 3.63) is 22.7 Å². The van der Waals surface area contributed by atoms with E-state index in [1.807, 2.05) is 0 Å². The fourth-order valence-corrected chi connectivity index (χ4v) is 2.64. The molecule has 152 valence electrons. The van der Waals surface area contributed by atoms with Gasteiger partial charge >= 0.3 is 11.7 Å². The van der Waals surface area contributed by atoms with Crippen LogP contribution in [0.15, 0.2) is 17.1 Å². The Labute approximate surface area is 158 Å². The molecule has 13 nitrogen and oxygen atoms in total. The Hall–Kier alpha value is -3.05. The lowest BCUT2D eigenvalue weighted by atomic mass is 10.0. The summed E-state index contributed by atoms with van der Waals surface area (Å²) in [6.07, 6.45) is -3.95. The molecule has 1 aliphatic heterocycles. The Morgan fingerprint density at radius 3 is 2.75 bits per heavy atom. The van der Waals surface area contributed by atoms with Crippen LogP contribution >= 0.6 is 0 Å². The van der Waals surface area contributed by atoms with Crippen molar-refractivity contribution >= 4 is 17.7 Å². The third kappa shape index (κ3) is 4.10. The van der Waals surface area contributed by atoms with Crippen LogP contribution in [0.3, 0.4) is 0 Å². The summed E-state index contributed by atoms with van der Waals surface area (Å²) in [4.78, 5) is 38.1. The average Bonchev–Trinajstić information content (AvgIpc) is 2.89. The lowest BCUT2D eigenvalue weighted by Gasteiger charge is -2.26. The minimum absolute atomic E-state index is 0.0422. The Morgan fingerprint density at radius 1 is 1.50 bits per heavy atom. The normalized spacial score (nSPS) is 27.7. The largest absolute Gasteiger partial charge is 0.462 e. The van der Waals surface area contributed by atoms with Gasteiger partial charge in [0.15, 0.2) is 0 Å². The summed E-state index contributed by atoms with van der Waals surface area (Å²) >= 11 is 0. The summed E-state index contributed by atoms with van der Waals surface area (Å²) < 4.78 is 11.0. The zero-order valence-electron chi connectivity index (χ0n) is 14.6. The second-order valence-corrected chi connectivity index (χ2v) is 6.15.